The van der Waals surface area contributed by atoms with E-state index >= 15 is 0 Å². The Morgan fingerprint density at radius 2 is 1.41 bits per heavy atom. The minimum atomic E-state index is -0.394. The minimum absolute atomic E-state index is 0.125. The molecule has 0 aromatic rings. The Morgan fingerprint density at radius 3 is 1.94 bits per heavy atom. The predicted octanol–water partition coefficient (Wildman–Crippen LogP) is 6.43. The van der Waals surface area contributed by atoms with E-state index in [1.807, 2.05) is 13.8 Å². The lowest BCUT2D eigenvalue weighted by atomic mass is 9.50. The summed E-state index contributed by atoms with van der Waals surface area (Å²) in [6, 6.07) is 0. The largest absolute Gasteiger partial charge is 0.466 e. The van der Waals surface area contributed by atoms with Crippen LogP contribution in [0.5, 0.6) is 0 Å². The van der Waals surface area contributed by atoms with Gasteiger partial charge in [0.1, 0.15) is 5.60 Å². The van der Waals surface area contributed by atoms with Gasteiger partial charge in [0, 0.05) is 6.08 Å². The quantitative estimate of drug-likeness (QED) is 0.271. The number of hydrogen-bond acceptors (Lipinski definition) is 4. The van der Waals surface area contributed by atoms with Gasteiger partial charge in [-0.05, 0) is 130 Å². The number of methoxy groups -OCH3 is 1. The van der Waals surface area contributed by atoms with Gasteiger partial charge in [-0.3, -0.25) is 4.79 Å². The van der Waals surface area contributed by atoms with Crippen molar-refractivity contribution in [1.82, 2.24) is 0 Å². The molecule has 0 heterocycles. The maximum absolute atomic E-state index is 13.4. The number of hydrogen-bond donors (Lipinski definition) is 0. The van der Waals surface area contributed by atoms with Crippen molar-refractivity contribution in [3.8, 4) is 0 Å². The molecule has 0 aliphatic heterocycles. The van der Waals surface area contributed by atoms with Gasteiger partial charge in [-0.1, -0.05) is 20.4 Å². The highest BCUT2D eigenvalue weighted by atomic mass is 16.6. The molecule has 0 radical (unpaired) electrons. The molecule has 8 aliphatic rings. The molecule has 0 spiro atoms. The Kier molecular flexibility index (Phi) is 6.66. The van der Waals surface area contributed by atoms with Gasteiger partial charge in [0.15, 0.2) is 0 Å². The molecule has 0 amide bonds. The molecule has 190 valence electrons. The summed E-state index contributed by atoms with van der Waals surface area (Å²) in [5.74, 6) is 8.76. The van der Waals surface area contributed by atoms with Crippen LogP contribution in [-0.4, -0.2) is 24.6 Å². The van der Waals surface area contributed by atoms with E-state index in [-0.39, 0.29) is 17.5 Å². The molecule has 8 bridgehead atoms. The maximum Gasteiger partial charge on any atom is 0.329 e. The van der Waals surface area contributed by atoms with Gasteiger partial charge in [-0.2, -0.15) is 0 Å². The summed E-state index contributed by atoms with van der Waals surface area (Å²) in [4.78, 5) is 23.2. The second-order valence-corrected chi connectivity index (χ2v) is 12.6. The third-order valence-electron chi connectivity index (χ3n) is 11.5. The van der Waals surface area contributed by atoms with Crippen LogP contribution in [0, 0.1) is 65.1 Å². The van der Waals surface area contributed by atoms with Crippen molar-refractivity contribution in [3.63, 3.8) is 0 Å². The summed E-state index contributed by atoms with van der Waals surface area (Å²) >= 11 is 0. The Morgan fingerprint density at radius 1 is 0.824 bits per heavy atom. The van der Waals surface area contributed by atoms with Gasteiger partial charge in [0.05, 0.1) is 13.0 Å². The normalized spacial score (nSPS) is 49.9. The summed E-state index contributed by atoms with van der Waals surface area (Å²) in [6.45, 7) is 9.48. The van der Waals surface area contributed by atoms with Crippen LogP contribution in [0.4, 0.5) is 0 Å². The summed E-state index contributed by atoms with van der Waals surface area (Å²) in [5, 5.41) is 0. The molecule has 7 unspecified atom stereocenters. The highest BCUT2D eigenvalue weighted by molar-refractivity contribution is 5.80. The zero-order valence-electron chi connectivity index (χ0n) is 21.8. The summed E-state index contributed by atoms with van der Waals surface area (Å²) < 4.78 is 10.7. The molecular weight excluding hydrogens is 424 g/mol. The highest BCUT2D eigenvalue weighted by Crippen LogP contribution is 2.69. The topological polar surface area (TPSA) is 52.6 Å². The van der Waals surface area contributed by atoms with E-state index in [0.717, 1.165) is 47.5 Å². The molecule has 8 saturated carbocycles. The SMILES string of the molecule is C=CC(=O)OC.CC.CC1(OC(=O)C2CC3CC2C2C4CCC(C4)C32)C2CC3CC(C2)CC1C3. The number of ether oxygens (including phenoxy) is 2. The van der Waals surface area contributed by atoms with Crippen LogP contribution < -0.4 is 0 Å². The van der Waals surface area contributed by atoms with Gasteiger partial charge >= 0.3 is 11.9 Å². The lowest BCUT2D eigenvalue weighted by molar-refractivity contribution is -0.209. The third kappa shape index (κ3) is 3.77. The molecule has 7 atom stereocenters. The fourth-order valence-electron chi connectivity index (χ4n) is 10.5. The lowest BCUT2D eigenvalue weighted by Crippen LogP contribution is -2.58. The Bertz CT molecular complexity index is 774. The molecule has 8 aliphatic carbocycles. The first-order valence-electron chi connectivity index (χ1n) is 14.3. The van der Waals surface area contributed by atoms with Crippen LogP contribution in [0.25, 0.3) is 0 Å². The van der Waals surface area contributed by atoms with Crippen molar-refractivity contribution in [2.24, 2.45) is 65.1 Å². The van der Waals surface area contributed by atoms with Crippen molar-refractivity contribution in [2.45, 2.75) is 90.6 Å². The summed E-state index contributed by atoms with van der Waals surface area (Å²) in [7, 11) is 1.31. The second-order valence-electron chi connectivity index (χ2n) is 12.6. The first-order valence-corrected chi connectivity index (χ1v) is 14.3. The molecule has 0 aromatic heterocycles. The van der Waals surface area contributed by atoms with E-state index in [1.165, 1.54) is 71.3 Å². The third-order valence-corrected chi connectivity index (χ3v) is 11.5. The molecule has 4 nitrogen and oxygen atoms in total. The number of rotatable bonds is 3. The van der Waals surface area contributed by atoms with Crippen molar-refractivity contribution in [2.75, 3.05) is 7.11 Å². The lowest BCUT2D eigenvalue weighted by Gasteiger charge is -2.59. The Labute approximate surface area is 206 Å². The van der Waals surface area contributed by atoms with E-state index < -0.39 is 5.97 Å². The standard InChI is InChI=1S/C24H34O2.C4H6O2.C2H6/c1-24(17-5-12-4-13(7-17)8-18(24)6-12)26-23(25)20-11-16-10-19(20)22-15-3-2-14(9-15)21(16)22;1-3-4(5)6-2;1-2/h12-22H,2-11H2,1H3;3H,1H2,2H3;1-2H3. The minimum Gasteiger partial charge on any atom is -0.466 e. The first kappa shape index (κ1) is 24.4. The molecule has 8 fully saturated rings. The molecule has 0 saturated heterocycles. The fraction of sp³-hybridized carbons (Fsp3) is 0.867. The van der Waals surface area contributed by atoms with Crippen LogP contribution in [0.1, 0.15) is 85.0 Å². The second kappa shape index (κ2) is 9.28. The molecular formula is C30H46O4. The van der Waals surface area contributed by atoms with Gasteiger partial charge in [-0.25, -0.2) is 4.79 Å². The molecule has 8 rings (SSSR count). The van der Waals surface area contributed by atoms with E-state index in [9.17, 15) is 9.59 Å². The van der Waals surface area contributed by atoms with Gasteiger partial charge in [0.2, 0.25) is 0 Å². The van der Waals surface area contributed by atoms with Gasteiger partial charge in [0.25, 0.3) is 0 Å². The predicted molar refractivity (Wildman–Crippen MR) is 133 cm³/mol. The monoisotopic (exact) mass is 470 g/mol. The number of carbonyl (C=O) groups is 2. The number of fused-ring (bicyclic) bond motifs is 9. The van der Waals surface area contributed by atoms with Crippen LogP contribution in [0.3, 0.4) is 0 Å². The van der Waals surface area contributed by atoms with Crippen molar-refractivity contribution < 1.29 is 19.1 Å². The van der Waals surface area contributed by atoms with Gasteiger partial charge in [-0.15, -0.1) is 0 Å². The maximum atomic E-state index is 13.4. The number of esters is 2. The zero-order valence-corrected chi connectivity index (χ0v) is 21.8. The average Bonchev–Trinajstić information content (AvgIpc) is 3.63. The molecule has 0 aromatic carbocycles. The van der Waals surface area contributed by atoms with Crippen molar-refractivity contribution in [3.05, 3.63) is 12.7 Å². The average molecular weight is 471 g/mol. The van der Waals surface area contributed by atoms with E-state index in [2.05, 4.69) is 18.2 Å². The van der Waals surface area contributed by atoms with Crippen molar-refractivity contribution >= 4 is 11.9 Å². The summed E-state index contributed by atoms with van der Waals surface area (Å²) in [6.07, 6.45) is 14.9. The van der Waals surface area contributed by atoms with Crippen LogP contribution in [0.15, 0.2) is 12.7 Å². The zero-order chi connectivity index (χ0) is 24.2. The number of carbonyl (C=O) groups excluding carboxylic acids is 2. The van der Waals surface area contributed by atoms with Gasteiger partial charge < -0.3 is 9.47 Å². The summed E-state index contributed by atoms with van der Waals surface area (Å²) in [5.41, 5.74) is -0.125. The Balaban J connectivity index is 0.000000267. The van der Waals surface area contributed by atoms with E-state index in [4.69, 9.17) is 4.74 Å². The van der Waals surface area contributed by atoms with Crippen LogP contribution in [-0.2, 0) is 19.1 Å². The molecule has 0 N–H and O–H groups in total. The van der Waals surface area contributed by atoms with E-state index in [1.54, 1.807) is 0 Å². The first-order chi connectivity index (χ1) is 16.4. The fourth-order valence-corrected chi connectivity index (χ4v) is 10.5. The highest BCUT2D eigenvalue weighted by Gasteiger charge is 2.64. The molecule has 4 heteroatoms. The van der Waals surface area contributed by atoms with Crippen LogP contribution >= 0.6 is 0 Å². The Hall–Kier alpha value is -1.32. The van der Waals surface area contributed by atoms with E-state index in [0.29, 0.717) is 17.8 Å². The van der Waals surface area contributed by atoms with Crippen molar-refractivity contribution in [1.29, 1.82) is 0 Å². The van der Waals surface area contributed by atoms with Crippen LogP contribution in [0.2, 0.25) is 0 Å². The smallest absolute Gasteiger partial charge is 0.329 e. The molecule has 34 heavy (non-hydrogen) atoms.